The predicted octanol–water partition coefficient (Wildman–Crippen LogP) is 3.07. The molecular formula is C16H13N3O3S. The van der Waals surface area contributed by atoms with Crippen LogP contribution in [-0.4, -0.2) is 18.4 Å². The van der Waals surface area contributed by atoms with E-state index in [1.165, 1.54) is 30.7 Å². The molecule has 23 heavy (non-hydrogen) atoms. The topological polar surface area (TPSA) is 81.2 Å². The van der Waals surface area contributed by atoms with Crippen LogP contribution in [0.25, 0.3) is 0 Å². The number of benzene rings is 2. The molecule has 6 nitrogen and oxygen atoms in total. The van der Waals surface area contributed by atoms with Gasteiger partial charge in [0.05, 0.1) is 16.8 Å². The van der Waals surface area contributed by atoms with Gasteiger partial charge in [0.15, 0.2) is 0 Å². The van der Waals surface area contributed by atoms with E-state index in [-0.39, 0.29) is 4.90 Å². The monoisotopic (exact) mass is 327 g/mol. The number of nitrogens with zero attached hydrogens (tertiary/aromatic N) is 2. The Labute approximate surface area is 133 Å². The normalized spacial score (nSPS) is 11.0. The van der Waals surface area contributed by atoms with Gasteiger partial charge in [0.1, 0.15) is 5.75 Å². The number of anilines is 1. The highest BCUT2D eigenvalue weighted by Crippen LogP contribution is 2.23. The molecule has 7 heteroatoms. The van der Waals surface area contributed by atoms with E-state index in [1.54, 1.807) is 42.5 Å². The molecule has 0 radical (unpaired) electrons. The van der Waals surface area contributed by atoms with Gasteiger partial charge in [-0.2, -0.15) is 0 Å². The lowest BCUT2D eigenvalue weighted by atomic mass is 10.3. The molecule has 0 aliphatic heterocycles. The van der Waals surface area contributed by atoms with Gasteiger partial charge in [-0.25, -0.2) is 13.4 Å². The highest BCUT2D eigenvalue weighted by atomic mass is 32.2. The first-order valence-corrected chi connectivity index (χ1v) is 8.24. The minimum Gasteiger partial charge on any atom is -0.437 e. The van der Waals surface area contributed by atoms with Crippen LogP contribution in [0.2, 0.25) is 0 Å². The third-order valence-electron chi connectivity index (χ3n) is 2.90. The molecule has 3 rings (SSSR count). The Morgan fingerprint density at radius 1 is 0.957 bits per heavy atom. The van der Waals surface area contributed by atoms with Crippen molar-refractivity contribution in [1.82, 2.24) is 9.97 Å². The SMILES string of the molecule is O=S(=O)(Nc1cccc(Oc2cnccn2)c1)c1ccccc1. The zero-order valence-electron chi connectivity index (χ0n) is 12.0. The Kier molecular flexibility index (Phi) is 4.20. The minimum absolute atomic E-state index is 0.195. The lowest BCUT2D eigenvalue weighted by Crippen LogP contribution is -2.12. The Hall–Kier alpha value is -2.93. The molecule has 1 N–H and O–H groups in total. The van der Waals surface area contributed by atoms with E-state index in [0.29, 0.717) is 17.3 Å². The molecule has 0 saturated heterocycles. The number of nitrogens with one attached hydrogen (secondary N) is 1. The molecule has 2 aromatic carbocycles. The van der Waals surface area contributed by atoms with Gasteiger partial charge in [0.25, 0.3) is 10.0 Å². The summed E-state index contributed by atoms with van der Waals surface area (Å²) in [6.07, 6.45) is 4.52. The Morgan fingerprint density at radius 3 is 2.52 bits per heavy atom. The van der Waals surface area contributed by atoms with E-state index < -0.39 is 10.0 Å². The van der Waals surface area contributed by atoms with Crippen molar-refractivity contribution in [3.05, 3.63) is 73.2 Å². The number of ether oxygens (including phenoxy) is 1. The fourth-order valence-corrected chi connectivity index (χ4v) is 2.97. The second-order valence-corrected chi connectivity index (χ2v) is 6.27. The summed E-state index contributed by atoms with van der Waals surface area (Å²) in [5, 5.41) is 0. The van der Waals surface area contributed by atoms with Gasteiger partial charge < -0.3 is 4.74 Å². The molecule has 0 saturated carbocycles. The first-order valence-electron chi connectivity index (χ1n) is 6.75. The van der Waals surface area contributed by atoms with Crippen molar-refractivity contribution in [3.8, 4) is 11.6 Å². The van der Waals surface area contributed by atoms with Gasteiger partial charge in [-0.1, -0.05) is 24.3 Å². The first kappa shape index (κ1) is 15.0. The summed E-state index contributed by atoms with van der Waals surface area (Å²) in [7, 11) is -3.64. The smallest absolute Gasteiger partial charge is 0.261 e. The van der Waals surface area contributed by atoms with Crippen LogP contribution < -0.4 is 9.46 Å². The average molecular weight is 327 g/mol. The summed E-state index contributed by atoms with van der Waals surface area (Å²) in [6, 6.07) is 14.8. The predicted molar refractivity (Wildman–Crippen MR) is 85.8 cm³/mol. The maximum atomic E-state index is 12.3. The van der Waals surface area contributed by atoms with Crippen molar-refractivity contribution in [2.45, 2.75) is 4.90 Å². The number of aromatic nitrogens is 2. The van der Waals surface area contributed by atoms with Gasteiger partial charge in [-0.3, -0.25) is 9.71 Å². The van der Waals surface area contributed by atoms with E-state index in [0.717, 1.165) is 0 Å². The molecule has 0 spiro atoms. The molecule has 3 aromatic rings. The maximum absolute atomic E-state index is 12.3. The molecule has 0 fully saturated rings. The highest BCUT2D eigenvalue weighted by Gasteiger charge is 2.13. The zero-order valence-corrected chi connectivity index (χ0v) is 12.8. The van der Waals surface area contributed by atoms with Crippen molar-refractivity contribution in [2.75, 3.05) is 4.72 Å². The van der Waals surface area contributed by atoms with Crippen LogP contribution in [0.3, 0.4) is 0 Å². The number of hydrogen-bond donors (Lipinski definition) is 1. The van der Waals surface area contributed by atoms with E-state index >= 15 is 0 Å². The van der Waals surface area contributed by atoms with Crippen molar-refractivity contribution >= 4 is 15.7 Å². The van der Waals surface area contributed by atoms with Crippen LogP contribution in [0.15, 0.2) is 78.1 Å². The van der Waals surface area contributed by atoms with Gasteiger partial charge in [-0.15, -0.1) is 0 Å². The molecule has 116 valence electrons. The fraction of sp³-hybridized carbons (Fsp3) is 0. The Bertz CT molecular complexity index is 885. The summed E-state index contributed by atoms with van der Waals surface area (Å²) in [6.45, 7) is 0. The summed E-state index contributed by atoms with van der Waals surface area (Å²) >= 11 is 0. The molecule has 0 aliphatic rings. The maximum Gasteiger partial charge on any atom is 0.261 e. The van der Waals surface area contributed by atoms with Crippen LogP contribution in [0, 0.1) is 0 Å². The highest BCUT2D eigenvalue weighted by molar-refractivity contribution is 7.92. The largest absolute Gasteiger partial charge is 0.437 e. The molecule has 0 aliphatic carbocycles. The van der Waals surface area contributed by atoms with E-state index in [9.17, 15) is 8.42 Å². The summed E-state index contributed by atoms with van der Waals surface area (Å²) in [5.41, 5.74) is 0.398. The van der Waals surface area contributed by atoms with Gasteiger partial charge >= 0.3 is 0 Å². The number of rotatable bonds is 5. The van der Waals surface area contributed by atoms with Gasteiger partial charge in [-0.05, 0) is 24.3 Å². The molecule has 0 unspecified atom stereocenters. The van der Waals surface area contributed by atoms with Crippen LogP contribution in [-0.2, 0) is 10.0 Å². The van der Waals surface area contributed by atoms with Gasteiger partial charge in [0, 0.05) is 18.5 Å². The third-order valence-corrected chi connectivity index (χ3v) is 4.30. The lowest BCUT2D eigenvalue weighted by molar-refractivity contribution is 0.460. The number of hydrogen-bond acceptors (Lipinski definition) is 5. The first-order chi connectivity index (χ1) is 11.1. The van der Waals surface area contributed by atoms with Crippen molar-refractivity contribution < 1.29 is 13.2 Å². The molecular weight excluding hydrogens is 314 g/mol. The summed E-state index contributed by atoms with van der Waals surface area (Å²) in [4.78, 5) is 8.10. The van der Waals surface area contributed by atoms with Crippen LogP contribution in [0.4, 0.5) is 5.69 Å². The summed E-state index contributed by atoms with van der Waals surface area (Å²) in [5.74, 6) is 0.786. The lowest BCUT2D eigenvalue weighted by Gasteiger charge is -2.09. The second kappa shape index (κ2) is 6.45. The van der Waals surface area contributed by atoms with E-state index in [4.69, 9.17) is 4.74 Å². The molecule has 0 atom stereocenters. The Morgan fingerprint density at radius 2 is 1.78 bits per heavy atom. The Balaban J connectivity index is 1.80. The van der Waals surface area contributed by atoms with Crippen LogP contribution in [0.5, 0.6) is 11.6 Å². The minimum atomic E-state index is -3.64. The molecule has 1 aromatic heterocycles. The van der Waals surface area contributed by atoms with Crippen LogP contribution >= 0.6 is 0 Å². The van der Waals surface area contributed by atoms with E-state index in [1.807, 2.05) is 0 Å². The van der Waals surface area contributed by atoms with Crippen LogP contribution in [0.1, 0.15) is 0 Å². The number of sulfonamides is 1. The van der Waals surface area contributed by atoms with Crippen molar-refractivity contribution in [1.29, 1.82) is 0 Å². The average Bonchev–Trinajstić information content (AvgIpc) is 2.56. The van der Waals surface area contributed by atoms with Gasteiger partial charge in [0.2, 0.25) is 5.88 Å². The van der Waals surface area contributed by atoms with Crippen molar-refractivity contribution in [3.63, 3.8) is 0 Å². The zero-order chi connectivity index (χ0) is 16.1. The second-order valence-electron chi connectivity index (χ2n) is 4.59. The third kappa shape index (κ3) is 3.83. The molecule has 0 amide bonds. The van der Waals surface area contributed by atoms with Crippen molar-refractivity contribution in [2.24, 2.45) is 0 Å². The molecule has 0 bridgehead atoms. The summed E-state index contributed by atoms with van der Waals surface area (Å²) < 4.78 is 32.6. The standard InChI is InChI=1S/C16H13N3O3S/c20-23(21,15-7-2-1-3-8-15)19-13-5-4-6-14(11-13)22-16-12-17-9-10-18-16/h1-12,19H. The molecule has 1 heterocycles. The fourth-order valence-electron chi connectivity index (χ4n) is 1.90. The quantitative estimate of drug-likeness (QED) is 0.779. The van der Waals surface area contributed by atoms with E-state index in [2.05, 4.69) is 14.7 Å².